The van der Waals surface area contributed by atoms with E-state index in [1.807, 2.05) is 11.9 Å². The molecule has 9 heteroatoms. The van der Waals surface area contributed by atoms with E-state index in [1.165, 1.54) is 11.8 Å². The van der Waals surface area contributed by atoms with Gasteiger partial charge in [-0.1, -0.05) is 13.3 Å². The molecule has 0 aliphatic carbocycles. The summed E-state index contributed by atoms with van der Waals surface area (Å²) in [5, 5.41) is 33.0. The first kappa shape index (κ1) is 23.2. The molecule has 158 valence electrons. The molecule has 2 rings (SSSR count). The van der Waals surface area contributed by atoms with Crippen molar-refractivity contribution in [1.29, 1.82) is 0 Å². The zero-order valence-corrected chi connectivity index (χ0v) is 18.0. The number of carbonyl (C=O) groups excluding carboxylic acids is 1. The molecule has 2 aliphatic heterocycles. The van der Waals surface area contributed by atoms with Crippen LogP contribution in [0.5, 0.6) is 0 Å². The van der Waals surface area contributed by atoms with E-state index in [2.05, 4.69) is 12.2 Å². The average Bonchev–Trinajstić information content (AvgIpc) is 2.99. The normalized spacial score (nSPS) is 39.9. The van der Waals surface area contributed by atoms with Crippen molar-refractivity contribution in [3.63, 3.8) is 0 Å². The zero-order valence-electron chi connectivity index (χ0n) is 16.4. The number of nitrogens with zero attached hydrogens (tertiary/aromatic N) is 1. The van der Waals surface area contributed by atoms with Crippen molar-refractivity contribution in [2.24, 2.45) is 5.92 Å². The van der Waals surface area contributed by atoms with Gasteiger partial charge in [-0.05, 0) is 39.0 Å². The van der Waals surface area contributed by atoms with Crippen LogP contribution in [0.4, 0.5) is 0 Å². The SMILES string of the molecule is CCC[C@@H]1C[C@@H](C(=O)NC(C2O[C@H](SC)[C@H](O)[C@@H](O)[C@H]2O)[C@H](C)Cl)N(C)C1. The Balaban J connectivity index is 2.09. The quantitative estimate of drug-likeness (QED) is 0.438. The molecule has 0 spiro atoms. The molecule has 0 aromatic carbocycles. The highest BCUT2D eigenvalue weighted by Crippen LogP contribution is 2.31. The Kier molecular flexibility index (Phi) is 8.67. The second-order valence-electron chi connectivity index (χ2n) is 7.73. The summed E-state index contributed by atoms with van der Waals surface area (Å²) in [6.45, 7) is 4.74. The van der Waals surface area contributed by atoms with Crippen molar-refractivity contribution < 1.29 is 24.9 Å². The lowest BCUT2D eigenvalue weighted by Crippen LogP contribution is -2.65. The number of aliphatic hydroxyl groups is 3. The van der Waals surface area contributed by atoms with Crippen LogP contribution in [0, 0.1) is 5.92 Å². The number of thioether (sulfide) groups is 1. The summed E-state index contributed by atoms with van der Waals surface area (Å²) in [6.07, 6.45) is -0.0980. The number of hydrogen-bond donors (Lipinski definition) is 4. The zero-order chi connectivity index (χ0) is 20.3. The fourth-order valence-corrected chi connectivity index (χ4v) is 5.00. The number of alkyl halides is 1. The summed E-state index contributed by atoms with van der Waals surface area (Å²) >= 11 is 7.55. The second-order valence-corrected chi connectivity index (χ2v) is 9.36. The molecule has 27 heavy (non-hydrogen) atoms. The number of aliphatic hydroxyl groups excluding tert-OH is 3. The van der Waals surface area contributed by atoms with Crippen LogP contribution < -0.4 is 5.32 Å². The summed E-state index contributed by atoms with van der Waals surface area (Å²) in [4.78, 5) is 14.9. The first-order chi connectivity index (χ1) is 12.7. The summed E-state index contributed by atoms with van der Waals surface area (Å²) in [5.41, 5.74) is -0.702. The highest BCUT2D eigenvalue weighted by molar-refractivity contribution is 7.99. The van der Waals surface area contributed by atoms with Gasteiger partial charge in [-0.25, -0.2) is 0 Å². The summed E-state index contributed by atoms with van der Waals surface area (Å²) in [5.74, 6) is 0.350. The third-order valence-corrected chi connectivity index (χ3v) is 6.76. The summed E-state index contributed by atoms with van der Waals surface area (Å²) in [6, 6.07) is -0.934. The van der Waals surface area contributed by atoms with Gasteiger partial charge < -0.3 is 25.4 Å². The van der Waals surface area contributed by atoms with Crippen LogP contribution in [0.2, 0.25) is 0 Å². The maximum Gasteiger partial charge on any atom is 0.237 e. The Morgan fingerprint density at radius 1 is 1.33 bits per heavy atom. The van der Waals surface area contributed by atoms with Crippen molar-refractivity contribution >= 4 is 29.3 Å². The van der Waals surface area contributed by atoms with Gasteiger partial charge in [0.05, 0.1) is 17.5 Å². The van der Waals surface area contributed by atoms with Gasteiger partial charge in [0, 0.05) is 6.54 Å². The van der Waals surface area contributed by atoms with E-state index in [1.54, 1.807) is 13.2 Å². The molecule has 1 amide bonds. The maximum absolute atomic E-state index is 12.9. The first-order valence-corrected chi connectivity index (χ1v) is 11.3. The molecule has 2 fully saturated rings. The first-order valence-electron chi connectivity index (χ1n) is 9.58. The molecule has 0 aromatic rings. The molecule has 0 bridgehead atoms. The minimum atomic E-state index is -1.36. The highest BCUT2D eigenvalue weighted by atomic mass is 35.5. The van der Waals surface area contributed by atoms with Gasteiger partial charge in [0.2, 0.25) is 5.91 Å². The van der Waals surface area contributed by atoms with Crippen LogP contribution >= 0.6 is 23.4 Å². The van der Waals surface area contributed by atoms with Crippen molar-refractivity contribution in [3.8, 4) is 0 Å². The summed E-state index contributed by atoms with van der Waals surface area (Å²) in [7, 11) is 1.94. The molecular formula is C18H33ClN2O5S. The molecular weight excluding hydrogens is 392 g/mol. The number of carbonyl (C=O) groups is 1. The molecule has 4 N–H and O–H groups in total. The van der Waals surface area contributed by atoms with E-state index in [9.17, 15) is 20.1 Å². The molecule has 2 unspecified atom stereocenters. The molecule has 9 atom stereocenters. The third kappa shape index (κ3) is 5.29. The number of likely N-dealkylation sites (tertiary alicyclic amines) is 1. The van der Waals surface area contributed by atoms with Gasteiger partial charge in [-0.3, -0.25) is 9.69 Å². The van der Waals surface area contributed by atoms with Gasteiger partial charge in [0.15, 0.2) is 0 Å². The van der Waals surface area contributed by atoms with E-state index in [4.69, 9.17) is 16.3 Å². The fraction of sp³-hybridized carbons (Fsp3) is 0.944. The Morgan fingerprint density at radius 2 is 2.00 bits per heavy atom. The van der Waals surface area contributed by atoms with Gasteiger partial charge in [0.25, 0.3) is 0 Å². The van der Waals surface area contributed by atoms with Crippen LogP contribution in [0.25, 0.3) is 0 Å². The lowest BCUT2D eigenvalue weighted by atomic mass is 9.92. The molecule has 2 saturated heterocycles. The lowest BCUT2D eigenvalue weighted by Gasteiger charge is -2.44. The number of likely N-dealkylation sites (N-methyl/N-ethyl adjacent to an activating group) is 1. The molecule has 2 aliphatic rings. The van der Waals surface area contributed by atoms with Crippen molar-refractivity contribution in [2.75, 3.05) is 19.8 Å². The van der Waals surface area contributed by atoms with Gasteiger partial charge in [-0.15, -0.1) is 23.4 Å². The van der Waals surface area contributed by atoms with Gasteiger partial charge >= 0.3 is 0 Å². The van der Waals surface area contributed by atoms with E-state index >= 15 is 0 Å². The van der Waals surface area contributed by atoms with Crippen LogP contribution in [0.15, 0.2) is 0 Å². The smallest absolute Gasteiger partial charge is 0.237 e. The van der Waals surface area contributed by atoms with Crippen LogP contribution in [-0.4, -0.2) is 93.3 Å². The Labute approximate surface area is 170 Å². The number of hydrogen-bond acceptors (Lipinski definition) is 7. The van der Waals surface area contributed by atoms with Crippen LogP contribution in [-0.2, 0) is 9.53 Å². The van der Waals surface area contributed by atoms with Gasteiger partial charge in [0.1, 0.15) is 29.9 Å². The molecule has 0 aromatic heterocycles. The topological polar surface area (TPSA) is 102 Å². The number of amides is 1. The van der Waals surface area contributed by atoms with Crippen molar-refractivity contribution in [3.05, 3.63) is 0 Å². The number of ether oxygens (including phenoxy) is 1. The number of rotatable bonds is 7. The van der Waals surface area contributed by atoms with Crippen LogP contribution in [0.1, 0.15) is 33.1 Å². The van der Waals surface area contributed by atoms with E-state index < -0.39 is 41.3 Å². The summed E-state index contributed by atoms with van der Waals surface area (Å²) < 4.78 is 5.79. The third-order valence-electron chi connectivity index (χ3n) is 5.63. The predicted molar refractivity (Wildman–Crippen MR) is 107 cm³/mol. The number of nitrogens with one attached hydrogen (secondary N) is 1. The molecule has 7 nitrogen and oxygen atoms in total. The largest absolute Gasteiger partial charge is 0.388 e. The molecule has 0 radical (unpaired) electrons. The average molecular weight is 425 g/mol. The second kappa shape index (κ2) is 10.1. The fourth-order valence-electron chi connectivity index (χ4n) is 4.11. The lowest BCUT2D eigenvalue weighted by molar-refractivity contribution is -0.205. The van der Waals surface area contributed by atoms with Gasteiger partial charge in [-0.2, -0.15) is 0 Å². The Bertz CT molecular complexity index is 498. The van der Waals surface area contributed by atoms with E-state index in [-0.39, 0.29) is 11.9 Å². The molecule has 2 heterocycles. The maximum atomic E-state index is 12.9. The van der Waals surface area contributed by atoms with Crippen molar-refractivity contribution in [2.45, 2.75) is 80.4 Å². The van der Waals surface area contributed by atoms with E-state index in [0.717, 1.165) is 25.8 Å². The van der Waals surface area contributed by atoms with Crippen molar-refractivity contribution in [1.82, 2.24) is 10.2 Å². The number of halogens is 1. The Morgan fingerprint density at radius 3 is 2.56 bits per heavy atom. The predicted octanol–water partition coefficient (Wildman–Crippen LogP) is 0.390. The van der Waals surface area contributed by atoms with Crippen LogP contribution in [0.3, 0.4) is 0 Å². The highest BCUT2D eigenvalue weighted by Gasteiger charge is 2.48. The monoisotopic (exact) mass is 424 g/mol. The minimum absolute atomic E-state index is 0.147. The standard InChI is InChI=1S/C18H33ClN2O5S/c1-5-6-10-7-11(21(3)8-10)17(25)20-12(9(2)19)16-14(23)13(22)15(24)18(26-16)27-4/h9-16,18,22-24H,5-8H2,1-4H3,(H,20,25)/t9-,10+,11-,12?,13-,14+,15+,16?,18+/m0/s1. The minimum Gasteiger partial charge on any atom is -0.388 e. The van der Waals surface area contributed by atoms with E-state index in [0.29, 0.717) is 5.92 Å². The Hall–Kier alpha value is -0.0900. The molecule has 0 saturated carbocycles.